The predicted octanol–water partition coefficient (Wildman–Crippen LogP) is 3.76. The first-order valence-electron chi connectivity index (χ1n) is 5.87. The molecule has 0 fully saturated rings. The van der Waals surface area contributed by atoms with Gasteiger partial charge in [-0.25, -0.2) is 4.39 Å². The van der Waals surface area contributed by atoms with E-state index in [9.17, 15) is 4.39 Å². The minimum atomic E-state index is -0.225. The van der Waals surface area contributed by atoms with Crippen LogP contribution < -0.4 is 5.32 Å². The predicted molar refractivity (Wildman–Crippen MR) is 73.2 cm³/mol. The number of nitrogens with one attached hydrogen (secondary N) is 1. The molecular formula is C13H17FN2S. The number of hydrogen-bond acceptors (Lipinski definition) is 3. The number of aliphatic imine (C=N–C) groups is 1. The number of amidine groups is 1. The van der Waals surface area contributed by atoms with E-state index in [2.05, 4.69) is 24.2 Å². The zero-order chi connectivity index (χ0) is 12.3. The van der Waals surface area contributed by atoms with Crippen LogP contribution in [0.3, 0.4) is 0 Å². The highest BCUT2D eigenvalue weighted by Crippen LogP contribution is 2.27. The van der Waals surface area contributed by atoms with Crippen molar-refractivity contribution < 1.29 is 4.39 Å². The molecule has 0 saturated heterocycles. The number of anilines is 1. The first-order valence-corrected chi connectivity index (χ1v) is 6.75. The van der Waals surface area contributed by atoms with Crippen LogP contribution in [0, 0.1) is 11.7 Å². The van der Waals surface area contributed by atoms with Gasteiger partial charge in [-0.05, 0) is 30.5 Å². The number of nitrogens with zero attached hydrogens (tertiary/aromatic N) is 1. The van der Waals surface area contributed by atoms with Crippen molar-refractivity contribution in [1.82, 2.24) is 0 Å². The third-order valence-corrected chi connectivity index (χ3v) is 3.66. The highest BCUT2D eigenvalue weighted by molar-refractivity contribution is 8.15. The molecule has 1 aromatic rings. The summed E-state index contributed by atoms with van der Waals surface area (Å²) in [5.74, 6) is 0.466. The molecule has 1 N–H and O–H groups in total. The Morgan fingerprint density at radius 2 is 2.35 bits per heavy atom. The summed E-state index contributed by atoms with van der Waals surface area (Å²) in [5, 5.41) is 4.62. The van der Waals surface area contributed by atoms with Gasteiger partial charge in [-0.2, -0.15) is 0 Å². The van der Waals surface area contributed by atoms with Crippen molar-refractivity contribution in [3.63, 3.8) is 0 Å². The Morgan fingerprint density at radius 3 is 3.06 bits per heavy atom. The monoisotopic (exact) mass is 252 g/mol. The molecule has 0 bridgehead atoms. The fourth-order valence-electron chi connectivity index (χ4n) is 1.82. The van der Waals surface area contributed by atoms with Gasteiger partial charge in [0, 0.05) is 10.9 Å². The molecule has 4 heteroatoms. The molecule has 17 heavy (non-hydrogen) atoms. The molecule has 92 valence electrons. The summed E-state index contributed by atoms with van der Waals surface area (Å²) in [6, 6.07) is 6.47. The van der Waals surface area contributed by atoms with Crippen LogP contribution >= 0.6 is 11.8 Å². The number of benzene rings is 1. The smallest absolute Gasteiger partial charge is 0.161 e. The lowest BCUT2D eigenvalue weighted by atomic mass is 10.1. The minimum Gasteiger partial charge on any atom is -0.335 e. The van der Waals surface area contributed by atoms with Crippen molar-refractivity contribution in [2.45, 2.75) is 25.5 Å². The molecule has 1 aliphatic heterocycles. The van der Waals surface area contributed by atoms with E-state index in [1.54, 1.807) is 17.8 Å². The van der Waals surface area contributed by atoms with Gasteiger partial charge in [-0.3, -0.25) is 4.99 Å². The van der Waals surface area contributed by atoms with Crippen LogP contribution in [-0.4, -0.2) is 17.0 Å². The minimum absolute atomic E-state index is 0.225. The molecule has 1 aromatic carbocycles. The maximum absolute atomic E-state index is 13.0. The third kappa shape index (κ3) is 3.73. The van der Waals surface area contributed by atoms with E-state index >= 15 is 0 Å². The van der Waals surface area contributed by atoms with Gasteiger partial charge < -0.3 is 5.32 Å². The maximum Gasteiger partial charge on any atom is 0.161 e. The third-order valence-electron chi connectivity index (χ3n) is 2.53. The lowest BCUT2D eigenvalue weighted by molar-refractivity contribution is 0.575. The SMILES string of the molecule is CC(C)CC1CN=C(Nc2cccc(F)c2)S1. The quantitative estimate of drug-likeness (QED) is 0.886. The van der Waals surface area contributed by atoms with Crippen molar-refractivity contribution in [3.8, 4) is 0 Å². The van der Waals surface area contributed by atoms with Crippen molar-refractivity contribution in [3.05, 3.63) is 30.1 Å². The molecule has 1 atom stereocenters. The molecule has 1 unspecified atom stereocenters. The molecule has 0 saturated carbocycles. The van der Waals surface area contributed by atoms with Gasteiger partial charge in [-0.1, -0.05) is 31.7 Å². The molecule has 2 rings (SSSR count). The molecule has 0 aromatic heterocycles. The van der Waals surface area contributed by atoms with Crippen LogP contribution in [0.2, 0.25) is 0 Å². The van der Waals surface area contributed by atoms with Crippen LogP contribution in [0.1, 0.15) is 20.3 Å². The Hall–Kier alpha value is -1.03. The van der Waals surface area contributed by atoms with Gasteiger partial charge in [0.25, 0.3) is 0 Å². The fraction of sp³-hybridized carbons (Fsp3) is 0.462. The highest BCUT2D eigenvalue weighted by Gasteiger charge is 2.20. The van der Waals surface area contributed by atoms with Crippen molar-refractivity contribution in [2.24, 2.45) is 10.9 Å². The van der Waals surface area contributed by atoms with Gasteiger partial charge in [-0.15, -0.1) is 0 Å². The van der Waals surface area contributed by atoms with Crippen LogP contribution in [-0.2, 0) is 0 Å². The van der Waals surface area contributed by atoms with E-state index < -0.39 is 0 Å². The zero-order valence-corrected chi connectivity index (χ0v) is 10.9. The second-order valence-corrected chi connectivity index (χ2v) is 5.94. The topological polar surface area (TPSA) is 24.4 Å². The summed E-state index contributed by atoms with van der Waals surface area (Å²) < 4.78 is 13.0. The van der Waals surface area contributed by atoms with E-state index in [0.29, 0.717) is 11.2 Å². The number of rotatable bonds is 3. The average molecular weight is 252 g/mol. The van der Waals surface area contributed by atoms with Gasteiger partial charge >= 0.3 is 0 Å². The second kappa shape index (κ2) is 5.54. The Kier molecular flexibility index (Phi) is 4.05. The summed E-state index contributed by atoms with van der Waals surface area (Å²) in [6.45, 7) is 5.30. The summed E-state index contributed by atoms with van der Waals surface area (Å²) in [6.07, 6.45) is 1.17. The Labute approximate surface area is 106 Å². The van der Waals surface area contributed by atoms with Gasteiger partial charge in [0.15, 0.2) is 5.17 Å². The van der Waals surface area contributed by atoms with Gasteiger partial charge in [0.1, 0.15) is 5.82 Å². The second-order valence-electron chi connectivity index (χ2n) is 4.65. The normalized spacial score (nSPS) is 19.5. The zero-order valence-electron chi connectivity index (χ0n) is 10.1. The van der Waals surface area contributed by atoms with Gasteiger partial charge in [0.05, 0.1) is 6.54 Å². The molecule has 0 spiro atoms. The molecule has 1 heterocycles. The highest BCUT2D eigenvalue weighted by atomic mass is 32.2. The summed E-state index contributed by atoms with van der Waals surface area (Å²) >= 11 is 1.76. The molecule has 0 amide bonds. The lowest BCUT2D eigenvalue weighted by Gasteiger charge is -2.11. The standard InChI is InChI=1S/C13H17FN2S/c1-9(2)6-12-8-15-13(17-12)16-11-5-3-4-10(14)7-11/h3-5,7,9,12H,6,8H2,1-2H3,(H,15,16). The number of hydrogen-bond donors (Lipinski definition) is 1. The Bertz CT molecular complexity index is 418. The number of halogens is 1. The van der Waals surface area contributed by atoms with Gasteiger partial charge in [0.2, 0.25) is 0 Å². The number of thioether (sulfide) groups is 1. The molecule has 0 aliphatic carbocycles. The summed E-state index contributed by atoms with van der Waals surface area (Å²) in [7, 11) is 0. The van der Waals surface area contributed by atoms with Crippen molar-refractivity contribution in [2.75, 3.05) is 11.9 Å². The maximum atomic E-state index is 13.0. The van der Waals surface area contributed by atoms with E-state index in [1.165, 1.54) is 18.6 Å². The largest absolute Gasteiger partial charge is 0.335 e. The first-order chi connectivity index (χ1) is 8.13. The van der Waals surface area contributed by atoms with Crippen LogP contribution in [0.15, 0.2) is 29.3 Å². The van der Waals surface area contributed by atoms with E-state index in [-0.39, 0.29) is 5.82 Å². The first kappa shape index (κ1) is 12.4. The Morgan fingerprint density at radius 1 is 1.53 bits per heavy atom. The lowest BCUT2D eigenvalue weighted by Crippen LogP contribution is -2.09. The fourth-order valence-corrected chi connectivity index (χ4v) is 3.10. The molecule has 2 nitrogen and oxygen atoms in total. The van der Waals surface area contributed by atoms with E-state index in [4.69, 9.17) is 0 Å². The molecule has 1 aliphatic rings. The molecular weight excluding hydrogens is 235 g/mol. The average Bonchev–Trinajstić information content (AvgIpc) is 2.64. The van der Waals surface area contributed by atoms with Crippen LogP contribution in [0.5, 0.6) is 0 Å². The van der Waals surface area contributed by atoms with E-state index in [1.807, 2.05) is 6.07 Å². The summed E-state index contributed by atoms with van der Waals surface area (Å²) in [5.41, 5.74) is 0.765. The van der Waals surface area contributed by atoms with E-state index in [0.717, 1.165) is 17.4 Å². The van der Waals surface area contributed by atoms with Crippen LogP contribution in [0.25, 0.3) is 0 Å². The van der Waals surface area contributed by atoms with Crippen molar-refractivity contribution >= 4 is 22.6 Å². The molecule has 0 radical (unpaired) electrons. The van der Waals surface area contributed by atoms with Crippen molar-refractivity contribution in [1.29, 1.82) is 0 Å². The van der Waals surface area contributed by atoms with Crippen LogP contribution in [0.4, 0.5) is 10.1 Å². The summed E-state index contributed by atoms with van der Waals surface area (Å²) in [4.78, 5) is 4.44. The Balaban J connectivity index is 1.89.